The Kier molecular flexibility index (Phi) is 4.51. The van der Waals surface area contributed by atoms with Crippen molar-refractivity contribution in [2.75, 3.05) is 6.54 Å². The maximum atomic E-state index is 3.97. The molecule has 3 saturated carbocycles. The van der Waals surface area contributed by atoms with Gasteiger partial charge in [-0.15, -0.1) is 0 Å². The summed E-state index contributed by atoms with van der Waals surface area (Å²) in [6.45, 7) is 6.00. The average Bonchev–Trinajstić information content (AvgIpc) is 3.16. The molecular weight excluding hydrogens is 230 g/mol. The summed E-state index contributed by atoms with van der Waals surface area (Å²) >= 11 is 0. The molecule has 0 aromatic heterocycles. The van der Waals surface area contributed by atoms with Crippen molar-refractivity contribution in [2.45, 2.75) is 77.7 Å². The highest BCUT2D eigenvalue weighted by atomic mass is 14.9. The van der Waals surface area contributed by atoms with Gasteiger partial charge in [0.15, 0.2) is 0 Å². The van der Waals surface area contributed by atoms with Crippen LogP contribution in [0.25, 0.3) is 0 Å². The minimum absolute atomic E-state index is 0.876. The Morgan fingerprint density at radius 3 is 2.16 bits per heavy atom. The van der Waals surface area contributed by atoms with Crippen LogP contribution in [0.4, 0.5) is 0 Å². The van der Waals surface area contributed by atoms with Crippen molar-refractivity contribution in [2.24, 2.45) is 29.6 Å². The molecule has 0 aromatic rings. The first-order valence-electron chi connectivity index (χ1n) is 9.04. The molecule has 0 heterocycles. The van der Waals surface area contributed by atoms with Crippen molar-refractivity contribution < 1.29 is 0 Å². The van der Waals surface area contributed by atoms with E-state index in [1.807, 2.05) is 0 Å². The summed E-state index contributed by atoms with van der Waals surface area (Å²) in [4.78, 5) is 0. The van der Waals surface area contributed by atoms with E-state index in [9.17, 15) is 0 Å². The largest absolute Gasteiger partial charge is 0.313 e. The van der Waals surface area contributed by atoms with Crippen LogP contribution in [-0.2, 0) is 0 Å². The van der Waals surface area contributed by atoms with Gasteiger partial charge >= 0.3 is 0 Å². The van der Waals surface area contributed by atoms with Gasteiger partial charge in [-0.3, -0.25) is 0 Å². The molecule has 3 atom stereocenters. The van der Waals surface area contributed by atoms with Crippen LogP contribution in [0.2, 0.25) is 0 Å². The van der Waals surface area contributed by atoms with E-state index in [4.69, 9.17) is 0 Å². The fourth-order valence-electron chi connectivity index (χ4n) is 5.15. The number of hydrogen-bond acceptors (Lipinski definition) is 1. The van der Waals surface area contributed by atoms with Gasteiger partial charge in [0.2, 0.25) is 0 Å². The van der Waals surface area contributed by atoms with Crippen LogP contribution in [0, 0.1) is 29.6 Å². The van der Waals surface area contributed by atoms with Gasteiger partial charge in [0.1, 0.15) is 0 Å². The fraction of sp³-hybridized carbons (Fsp3) is 1.00. The van der Waals surface area contributed by atoms with Crippen molar-refractivity contribution in [3.63, 3.8) is 0 Å². The van der Waals surface area contributed by atoms with Gasteiger partial charge in [-0.1, -0.05) is 39.5 Å². The lowest BCUT2D eigenvalue weighted by Gasteiger charge is -2.34. The molecule has 0 amide bonds. The van der Waals surface area contributed by atoms with Crippen LogP contribution in [0.5, 0.6) is 0 Å². The van der Waals surface area contributed by atoms with Crippen LogP contribution in [0.15, 0.2) is 0 Å². The third-order valence-corrected chi connectivity index (χ3v) is 6.34. The summed E-state index contributed by atoms with van der Waals surface area (Å²) in [5.74, 6) is 5.28. The van der Waals surface area contributed by atoms with E-state index in [1.54, 1.807) is 12.8 Å². The SMILES string of the molecule is CCCNC(C1CCC(C)CC1)C1C2CCCCC21. The lowest BCUT2D eigenvalue weighted by Crippen LogP contribution is -2.41. The van der Waals surface area contributed by atoms with Crippen LogP contribution < -0.4 is 5.32 Å². The second kappa shape index (κ2) is 6.16. The maximum Gasteiger partial charge on any atom is 0.0129 e. The monoisotopic (exact) mass is 263 g/mol. The molecule has 3 rings (SSSR count). The Morgan fingerprint density at radius 1 is 0.947 bits per heavy atom. The molecule has 0 radical (unpaired) electrons. The van der Waals surface area contributed by atoms with Gasteiger partial charge in [-0.05, 0) is 68.2 Å². The first-order valence-corrected chi connectivity index (χ1v) is 9.04. The summed E-state index contributed by atoms with van der Waals surface area (Å²) in [5, 5.41) is 3.97. The maximum absolute atomic E-state index is 3.97. The zero-order valence-electron chi connectivity index (χ0n) is 13.0. The first kappa shape index (κ1) is 13.9. The quantitative estimate of drug-likeness (QED) is 0.763. The van der Waals surface area contributed by atoms with Crippen molar-refractivity contribution in [1.29, 1.82) is 0 Å². The molecule has 1 nitrogen and oxygen atoms in total. The van der Waals surface area contributed by atoms with Gasteiger partial charge in [-0.2, -0.15) is 0 Å². The molecule has 3 aliphatic carbocycles. The summed E-state index contributed by atoms with van der Waals surface area (Å²) in [7, 11) is 0. The topological polar surface area (TPSA) is 12.0 Å². The van der Waals surface area contributed by atoms with E-state index >= 15 is 0 Å². The Balaban J connectivity index is 1.61. The summed E-state index contributed by atoms with van der Waals surface area (Å²) in [5.41, 5.74) is 0. The number of hydrogen-bond donors (Lipinski definition) is 1. The lowest BCUT2D eigenvalue weighted by atomic mass is 9.77. The second-order valence-corrected chi connectivity index (χ2v) is 7.69. The molecular formula is C18H33N. The Bertz CT molecular complexity index is 267. The predicted octanol–water partition coefficient (Wildman–Crippen LogP) is 4.62. The van der Waals surface area contributed by atoms with Crippen molar-refractivity contribution >= 4 is 0 Å². The molecule has 3 aliphatic rings. The Labute approximate surface area is 119 Å². The van der Waals surface area contributed by atoms with E-state index < -0.39 is 0 Å². The molecule has 0 spiro atoms. The van der Waals surface area contributed by atoms with Gasteiger partial charge in [0, 0.05) is 6.04 Å². The zero-order valence-corrected chi connectivity index (χ0v) is 13.0. The minimum atomic E-state index is 0.876. The average molecular weight is 263 g/mol. The molecule has 1 N–H and O–H groups in total. The highest BCUT2D eigenvalue weighted by Crippen LogP contribution is 2.58. The van der Waals surface area contributed by atoms with Crippen molar-refractivity contribution in [1.82, 2.24) is 5.32 Å². The molecule has 0 bridgehead atoms. The standard InChI is InChI=1S/C18H33N/c1-3-12-19-18(14-10-8-13(2)9-11-14)17-15-6-4-5-7-16(15)17/h13-19H,3-12H2,1-2H3. The molecule has 0 aromatic carbocycles. The van der Waals surface area contributed by atoms with Crippen molar-refractivity contribution in [3.8, 4) is 0 Å². The highest BCUT2D eigenvalue weighted by molar-refractivity contribution is 5.06. The molecule has 3 fully saturated rings. The zero-order chi connectivity index (χ0) is 13.2. The predicted molar refractivity (Wildman–Crippen MR) is 82.1 cm³/mol. The van der Waals surface area contributed by atoms with Crippen LogP contribution in [0.3, 0.4) is 0 Å². The molecule has 0 saturated heterocycles. The second-order valence-electron chi connectivity index (χ2n) is 7.69. The Hall–Kier alpha value is -0.0400. The minimum Gasteiger partial charge on any atom is -0.313 e. The van der Waals surface area contributed by atoms with Gasteiger partial charge < -0.3 is 5.32 Å². The third-order valence-electron chi connectivity index (χ3n) is 6.34. The lowest BCUT2D eigenvalue weighted by molar-refractivity contribution is 0.207. The van der Waals surface area contributed by atoms with E-state index in [2.05, 4.69) is 19.2 Å². The third kappa shape index (κ3) is 3.01. The smallest absolute Gasteiger partial charge is 0.0129 e. The highest BCUT2D eigenvalue weighted by Gasteiger charge is 2.55. The number of rotatable bonds is 5. The molecule has 110 valence electrons. The summed E-state index contributed by atoms with van der Waals surface area (Å²) in [6, 6.07) is 0.876. The molecule has 3 unspecified atom stereocenters. The summed E-state index contributed by atoms with van der Waals surface area (Å²) < 4.78 is 0. The van der Waals surface area contributed by atoms with Crippen molar-refractivity contribution in [3.05, 3.63) is 0 Å². The van der Waals surface area contributed by atoms with Gasteiger partial charge in [-0.25, -0.2) is 0 Å². The number of nitrogens with one attached hydrogen (secondary N) is 1. The van der Waals surface area contributed by atoms with Gasteiger partial charge in [0.05, 0.1) is 0 Å². The van der Waals surface area contributed by atoms with E-state index in [1.165, 1.54) is 51.5 Å². The van der Waals surface area contributed by atoms with Crippen LogP contribution >= 0.6 is 0 Å². The fourth-order valence-corrected chi connectivity index (χ4v) is 5.15. The number of fused-ring (bicyclic) bond motifs is 1. The summed E-state index contributed by atoms with van der Waals surface area (Å²) in [6.07, 6.45) is 13.4. The molecule has 0 aliphatic heterocycles. The van der Waals surface area contributed by atoms with E-state index in [-0.39, 0.29) is 0 Å². The molecule has 19 heavy (non-hydrogen) atoms. The van der Waals surface area contributed by atoms with Crippen LogP contribution in [0.1, 0.15) is 71.6 Å². The van der Waals surface area contributed by atoms with Gasteiger partial charge in [0.25, 0.3) is 0 Å². The van der Waals surface area contributed by atoms with E-state index in [0.29, 0.717) is 0 Å². The first-order chi connectivity index (χ1) is 9.31. The normalized spacial score (nSPS) is 43.6. The van der Waals surface area contributed by atoms with E-state index in [0.717, 1.165) is 35.6 Å². The molecule has 1 heteroatoms. The van der Waals surface area contributed by atoms with Crippen LogP contribution in [-0.4, -0.2) is 12.6 Å². The Morgan fingerprint density at radius 2 is 1.58 bits per heavy atom.